The molecule has 1 saturated heterocycles. The second-order valence-corrected chi connectivity index (χ2v) is 7.64. The minimum Gasteiger partial charge on any atom is -0.342 e. The third-order valence-corrected chi connectivity index (χ3v) is 5.70. The Kier molecular flexibility index (Phi) is 5.65. The second kappa shape index (κ2) is 8.53. The highest BCUT2D eigenvalue weighted by atomic mass is 16.2. The number of carbonyl (C=O) groups excluding carboxylic acids is 2. The minimum absolute atomic E-state index is 0.00990. The second-order valence-electron chi connectivity index (χ2n) is 7.64. The molecule has 2 unspecified atom stereocenters. The summed E-state index contributed by atoms with van der Waals surface area (Å²) in [5.41, 5.74) is 2.98. The molecule has 1 aliphatic heterocycles. The lowest BCUT2D eigenvalue weighted by Crippen LogP contribution is -2.37. The number of aryl methyl sites for hydroxylation is 2. The maximum absolute atomic E-state index is 13.2. The number of aromatic nitrogens is 2. The van der Waals surface area contributed by atoms with Gasteiger partial charge in [0, 0.05) is 38.1 Å². The first kappa shape index (κ1) is 19.9. The van der Waals surface area contributed by atoms with Gasteiger partial charge < -0.3 is 14.8 Å². The minimum atomic E-state index is -0.395. The van der Waals surface area contributed by atoms with Gasteiger partial charge in [-0.15, -0.1) is 0 Å². The lowest BCUT2D eigenvalue weighted by molar-refractivity contribution is -0.126. The van der Waals surface area contributed by atoms with E-state index in [2.05, 4.69) is 17.2 Å². The van der Waals surface area contributed by atoms with Crippen molar-refractivity contribution in [1.82, 2.24) is 14.9 Å². The van der Waals surface area contributed by atoms with Gasteiger partial charge in [-0.2, -0.15) is 0 Å². The molecule has 2 amide bonds. The van der Waals surface area contributed by atoms with Crippen molar-refractivity contribution in [3.05, 3.63) is 83.9 Å². The Hall–Kier alpha value is -3.41. The average molecular weight is 402 g/mol. The lowest BCUT2D eigenvalue weighted by atomic mass is 10.0. The van der Waals surface area contributed by atoms with E-state index in [4.69, 9.17) is 0 Å². The van der Waals surface area contributed by atoms with Crippen molar-refractivity contribution >= 4 is 17.5 Å². The predicted octanol–water partition coefficient (Wildman–Crippen LogP) is 3.24. The first-order valence-corrected chi connectivity index (χ1v) is 10.3. The molecule has 1 aliphatic rings. The zero-order valence-electron chi connectivity index (χ0n) is 17.3. The van der Waals surface area contributed by atoms with Crippen LogP contribution >= 0.6 is 0 Å². The van der Waals surface area contributed by atoms with E-state index in [0.29, 0.717) is 6.54 Å². The number of para-hydroxylation sites is 1. The van der Waals surface area contributed by atoms with Gasteiger partial charge in [0.2, 0.25) is 11.8 Å². The van der Waals surface area contributed by atoms with Gasteiger partial charge >= 0.3 is 0 Å². The van der Waals surface area contributed by atoms with Crippen molar-refractivity contribution in [1.29, 1.82) is 0 Å². The summed E-state index contributed by atoms with van der Waals surface area (Å²) < 4.78 is 1.90. The molecule has 4 rings (SSSR count). The van der Waals surface area contributed by atoms with Crippen LogP contribution in [0.25, 0.3) is 0 Å². The molecule has 0 aliphatic carbocycles. The van der Waals surface area contributed by atoms with Gasteiger partial charge in [-0.25, -0.2) is 4.98 Å². The Morgan fingerprint density at radius 3 is 2.60 bits per heavy atom. The molecule has 0 spiro atoms. The van der Waals surface area contributed by atoms with Gasteiger partial charge in [0.15, 0.2) is 0 Å². The highest BCUT2D eigenvalue weighted by Crippen LogP contribution is 2.29. The Balaban J connectivity index is 1.55. The number of benzene rings is 2. The van der Waals surface area contributed by atoms with E-state index >= 15 is 0 Å². The molecule has 1 aromatic heterocycles. The van der Waals surface area contributed by atoms with Crippen LogP contribution in [-0.4, -0.2) is 27.9 Å². The van der Waals surface area contributed by atoms with Crippen LogP contribution in [0, 0.1) is 5.92 Å². The molecule has 0 saturated carbocycles. The molecule has 2 aromatic carbocycles. The number of anilines is 1. The Labute approximate surface area is 176 Å². The van der Waals surface area contributed by atoms with Gasteiger partial charge in [-0.1, -0.05) is 55.5 Å². The van der Waals surface area contributed by atoms with Gasteiger partial charge in [-0.05, 0) is 23.6 Å². The molecule has 154 valence electrons. The Morgan fingerprint density at radius 1 is 1.17 bits per heavy atom. The summed E-state index contributed by atoms with van der Waals surface area (Å²) in [5, 5.41) is 3.14. The number of amides is 2. The molecule has 0 radical (unpaired) electrons. The fourth-order valence-corrected chi connectivity index (χ4v) is 4.05. The Morgan fingerprint density at radius 2 is 1.90 bits per heavy atom. The van der Waals surface area contributed by atoms with Crippen molar-refractivity contribution in [2.24, 2.45) is 13.0 Å². The lowest BCUT2D eigenvalue weighted by Gasteiger charge is -2.22. The highest BCUT2D eigenvalue weighted by molar-refractivity contribution is 6.00. The quantitative estimate of drug-likeness (QED) is 0.688. The standard InChI is InChI=1S/C24H26N4O2/c1-3-17-9-7-8-12-20(17)28-16-19(15-21(28)29)24(30)26-22(18-10-5-4-6-11-18)23-25-13-14-27(23)2/h4-14,19,22H,3,15-16H2,1-2H3,(H,26,30). The zero-order chi connectivity index (χ0) is 21.1. The SMILES string of the molecule is CCc1ccccc1N1CC(C(=O)NC(c2ccccc2)c2nccn2C)CC1=O. The van der Waals surface area contributed by atoms with E-state index in [1.165, 1.54) is 0 Å². The summed E-state index contributed by atoms with van der Waals surface area (Å²) in [6, 6.07) is 17.3. The number of nitrogens with one attached hydrogen (secondary N) is 1. The summed E-state index contributed by atoms with van der Waals surface area (Å²) in [4.78, 5) is 32.1. The van der Waals surface area contributed by atoms with Crippen LogP contribution in [0.3, 0.4) is 0 Å². The van der Waals surface area contributed by atoms with Crippen molar-refractivity contribution < 1.29 is 9.59 Å². The highest BCUT2D eigenvalue weighted by Gasteiger charge is 2.37. The number of nitrogens with zero attached hydrogens (tertiary/aromatic N) is 3. The topological polar surface area (TPSA) is 67.2 Å². The molecular formula is C24H26N4O2. The molecule has 3 aromatic rings. The van der Waals surface area contributed by atoms with Gasteiger partial charge in [0.1, 0.15) is 11.9 Å². The molecule has 0 bridgehead atoms. The van der Waals surface area contributed by atoms with Gasteiger partial charge in [0.05, 0.1) is 5.92 Å². The number of hydrogen-bond acceptors (Lipinski definition) is 3. The molecule has 2 heterocycles. The molecule has 1 N–H and O–H groups in total. The fraction of sp³-hybridized carbons (Fsp3) is 0.292. The number of rotatable bonds is 6. The van der Waals surface area contributed by atoms with Crippen LogP contribution in [0.5, 0.6) is 0 Å². The van der Waals surface area contributed by atoms with E-state index in [1.54, 1.807) is 11.1 Å². The summed E-state index contributed by atoms with van der Waals surface area (Å²) in [7, 11) is 1.91. The van der Waals surface area contributed by atoms with Gasteiger partial charge in [0.25, 0.3) is 0 Å². The van der Waals surface area contributed by atoms with Crippen molar-refractivity contribution in [3.63, 3.8) is 0 Å². The third-order valence-electron chi connectivity index (χ3n) is 5.70. The summed E-state index contributed by atoms with van der Waals surface area (Å²) in [6.07, 6.45) is 4.64. The van der Waals surface area contributed by atoms with E-state index < -0.39 is 5.92 Å². The predicted molar refractivity (Wildman–Crippen MR) is 116 cm³/mol. The van der Waals surface area contributed by atoms with E-state index in [1.807, 2.05) is 72.4 Å². The molecule has 1 fully saturated rings. The van der Waals surface area contributed by atoms with E-state index in [0.717, 1.165) is 29.1 Å². The van der Waals surface area contributed by atoms with Crippen LogP contribution in [0.1, 0.15) is 36.3 Å². The monoisotopic (exact) mass is 402 g/mol. The number of hydrogen-bond donors (Lipinski definition) is 1. The van der Waals surface area contributed by atoms with Crippen molar-refractivity contribution in [2.75, 3.05) is 11.4 Å². The first-order valence-electron chi connectivity index (χ1n) is 10.3. The van der Waals surface area contributed by atoms with Crippen molar-refractivity contribution in [3.8, 4) is 0 Å². The average Bonchev–Trinajstić information content (AvgIpc) is 3.38. The van der Waals surface area contributed by atoms with Crippen LogP contribution < -0.4 is 10.2 Å². The largest absolute Gasteiger partial charge is 0.342 e. The summed E-state index contributed by atoms with van der Waals surface area (Å²) in [6.45, 7) is 2.46. The van der Waals surface area contributed by atoms with E-state index in [-0.39, 0.29) is 24.3 Å². The van der Waals surface area contributed by atoms with Crippen molar-refractivity contribution in [2.45, 2.75) is 25.8 Å². The first-order chi connectivity index (χ1) is 14.6. The van der Waals surface area contributed by atoms with E-state index in [9.17, 15) is 9.59 Å². The third kappa shape index (κ3) is 3.85. The van der Waals surface area contributed by atoms with Crippen LogP contribution in [0.4, 0.5) is 5.69 Å². The molecular weight excluding hydrogens is 376 g/mol. The van der Waals surface area contributed by atoms with Crippen LogP contribution in [0.15, 0.2) is 67.0 Å². The summed E-state index contributed by atoms with van der Waals surface area (Å²) >= 11 is 0. The molecule has 30 heavy (non-hydrogen) atoms. The Bertz CT molecular complexity index is 1040. The maximum Gasteiger partial charge on any atom is 0.227 e. The van der Waals surface area contributed by atoms with Gasteiger partial charge in [-0.3, -0.25) is 9.59 Å². The normalized spacial score (nSPS) is 17.2. The zero-order valence-corrected chi connectivity index (χ0v) is 17.3. The van der Waals surface area contributed by atoms with Crippen LogP contribution in [0.2, 0.25) is 0 Å². The fourth-order valence-electron chi connectivity index (χ4n) is 4.05. The molecule has 2 atom stereocenters. The number of carbonyl (C=O) groups is 2. The summed E-state index contributed by atoms with van der Waals surface area (Å²) in [5.74, 6) is 0.224. The maximum atomic E-state index is 13.2. The molecule has 6 heteroatoms. The number of imidazole rings is 1. The smallest absolute Gasteiger partial charge is 0.227 e. The van der Waals surface area contributed by atoms with Crippen LogP contribution in [-0.2, 0) is 23.1 Å². The molecule has 6 nitrogen and oxygen atoms in total.